The Kier molecular flexibility index (Phi) is 7.34. The Hall–Kier alpha value is -1.87. The summed E-state index contributed by atoms with van der Waals surface area (Å²) in [6.07, 6.45) is 3.84. The van der Waals surface area contributed by atoms with Gasteiger partial charge in [0.2, 0.25) is 5.91 Å². The molecule has 0 bridgehead atoms. The third kappa shape index (κ3) is 5.01. The van der Waals surface area contributed by atoms with Gasteiger partial charge < -0.3 is 15.0 Å². The number of amides is 1. The van der Waals surface area contributed by atoms with Gasteiger partial charge in [-0.25, -0.2) is 9.78 Å². The number of thiophene rings is 1. The summed E-state index contributed by atoms with van der Waals surface area (Å²) in [5, 5.41) is 3.52. The van der Waals surface area contributed by atoms with E-state index in [9.17, 15) is 14.4 Å². The van der Waals surface area contributed by atoms with Crippen LogP contribution in [0.2, 0.25) is 0 Å². The van der Waals surface area contributed by atoms with Gasteiger partial charge in [-0.1, -0.05) is 20.3 Å². The zero-order chi connectivity index (χ0) is 21.0. The monoisotopic (exact) mass is 437 g/mol. The van der Waals surface area contributed by atoms with E-state index < -0.39 is 12.0 Å². The zero-order valence-electron chi connectivity index (χ0n) is 17.0. The fourth-order valence-corrected chi connectivity index (χ4v) is 5.45. The molecule has 2 unspecified atom stereocenters. The van der Waals surface area contributed by atoms with E-state index >= 15 is 0 Å². The number of carbonyl (C=O) groups excluding carboxylic acids is 2. The van der Waals surface area contributed by atoms with Crippen LogP contribution < -0.4 is 10.9 Å². The van der Waals surface area contributed by atoms with Crippen molar-refractivity contribution in [3.63, 3.8) is 0 Å². The van der Waals surface area contributed by atoms with E-state index in [1.165, 1.54) is 16.6 Å². The quantitative estimate of drug-likeness (QED) is 0.585. The second-order valence-corrected chi connectivity index (χ2v) is 9.29. The number of thioether (sulfide) groups is 1. The third-order valence-corrected chi connectivity index (χ3v) is 7.30. The molecule has 29 heavy (non-hydrogen) atoms. The standard InChI is InChI=1S/C20H27N3O4S2/c1-4-11(3)17(20(26)27-5-2)23-15(24)10-28-9-14-21-18(25)16-12-7-6-8-13(12)29-19(16)22-14/h11,17H,4-10H2,1-3H3,(H,23,24)(H,21,22,25). The summed E-state index contributed by atoms with van der Waals surface area (Å²) in [4.78, 5) is 46.4. The number of rotatable bonds is 9. The molecule has 1 aliphatic rings. The number of nitrogens with one attached hydrogen (secondary N) is 2. The maximum atomic E-state index is 12.5. The lowest BCUT2D eigenvalue weighted by Gasteiger charge is -2.22. The van der Waals surface area contributed by atoms with Crippen molar-refractivity contribution in [1.82, 2.24) is 15.3 Å². The van der Waals surface area contributed by atoms with E-state index in [-0.39, 0.29) is 29.7 Å². The van der Waals surface area contributed by atoms with Crippen molar-refractivity contribution in [3.8, 4) is 0 Å². The average Bonchev–Trinajstić information content (AvgIpc) is 3.26. The minimum absolute atomic E-state index is 0.00999. The first-order valence-corrected chi connectivity index (χ1v) is 12.0. The Balaban J connectivity index is 1.58. The Morgan fingerprint density at radius 3 is 2.86 bits per heavy atom. The van der Waals surface area contributed by atoms with Crippen molar-refractivity contribution >= 4 is 45.2 Å². The van der Waals surface area contributed by atoms with Crippen LogP contribution in [-0.4, -0.2) is 40.2 Å². The molecular formula is C20H27N3O4S2. The highest BCUT2D eigenvalue weighted by atomic mass is 32.2. The summed E-state index contributed by atoms with van der Waals surface area (Å²) < 4.78 is 5.07. The van der Waals surface area contributed by atoms with Crippen LogP contribution in [0.4, 0.5) is 0 Å². The summed E-state index contributed by atoms with van der Waals surface area (Å²) in [6, 6.07) is -0.643. The van der Waals surface area contributed by atoms with Gasteiger partial charge in [-0.05, 0) is 37.7 Å². The van der Waals surface area contributed by atoms with Crippen molar-refractivity contribution in [2.75, 3.05) is 12.4 Å². The molecule has 0 fully saturated rings. The molecular weight excluding hydrogens is 410 g/mol. The van der Waals surface area contributed by atoms with Crippen LogP contribution in [0.25, 0.3) is 10.2 Å². The SMILES string of the molecule is CCOC(=O)C(NC(=O)CSCc1nc2sc3c(c2c(=O)[nH]1)CCC3)C(C)CC. The minimum Gasteiger partial charge on any atom is -0.464 e. The van der Waals surface area contributed by atoms with Crippen LogP contribution in [0, 0.1) is 5.92 Å². The summed E-state index contributed by atoms with van der Waals surface area (Å²) in [7, 11) is 0. The van der Waals surface area contributed by atoms with Crippen molar-refractivity contribution in [2.24, 2.45) is 5.92 Å². The van der Waals surface area contributed by atoms with Gasteiger partial charge in [0.05, 0.1) is 23.5 Å². The molecule has 0 aromatic carbocycles. The number of aryl methyl sites for hydroxylation is 2. The molecule has 0 spiro atoms. The van der Waals surface area contributed by atoms with Crippen LogP contribution >= 0.6 is 23.1 Å². The largest absolute Gasteiger partial charge is 0.464 e. The van der Waals surface area contributed by atoms with Gasteiger partial charge in [0, 0.05) is 4.88 Å². The number of carbonyl (C=O) groups is 2. The van der Waals surface area contributed by atoms with E-state index in [0.29, 0.717) is 11.6 Å². The van der Waals surface area contributed by atoms with E-state index in [0.717, 1.165) is 41.5 Å². The predicted molar refractivity (Wildman–Crippen MR) is 116 cm³/mol. The topological polar surface area (TPSA) is 101 Å². The molecule has 0 radical (unpaired) electrons. The van der Waals surface area contributed by atoms with Gasteiger partial charge in [-0.15, -0.1) is 23.1 Å². The number of ether oxygens (including phenoxy) is 1. The molecule has 0 saturated heterocycles. The molecule has 3 rings (SSSR count). The molecule has 1 aliphatic carbocycles. The van der Waals surface area contributed by atoms with E-state index in [2.05, 4.69) is 15.3 Å². The second kappa shape index (κ2) is 9.75. The molecule has 158 valence electrons. The van der Waals surface area contributed by atoms with E-state index in [1.54, 1.807) is 18.3 Å². The van der Waals surface area contributed by atoms with Crippen LogP contribution in [0.1, 0.15) is 49.9 Å². The lowest BCUT2D eigenvalue weighted by molar-refractivity contribution is -0.148. The van der Waals surface area contributed by atoms with Crippen LogP contribution in [-0.2, 0) is 32.9 Å². The van der Waals surface area contributed by atoms with Gasteiger partial charge >= 0.3 is 5.97 Å². The lowest BCUT2D eigenvalue weighted by Crippen LogP contribution is -2.46. The van der Waals surface area contributed by atoms with Crippen molar-refractivity contribution in [1.29, 1.82) is 0 Å². The van der Waals surface area contributed by atoms with Gasteiger partial charge in [0.1, 0.15) is 16.7 Å². The van der Waals surface area contributed by atoms with Crippen LogP contribution in [0.15, 0.2) is 4.79 Å². The highest BCUT2D eigenvalue weighted by Crippen LogP contribution is 2.34. The van der Waals surface area contributed by atoms with Crippen molar-refractivity contribution in [2.45, 2.75) is 58.2 Å². The third-order valence-electron chi connectivity index (χ3n) is 5.17. The lowest BCUT2D eigenvalue weighted by atomic mass is 9.99. The maximum Gasteiger partial charge on any atom is 0.328 e. The Morgan fingerprint density at radius 1 is 1.34 bits per heavy atom. The molecule has 2 aromatic heterocycles. The van der Waals surface area contributed by atoms with Crippen LogP contribution in [0.3, 0.4) is 0 Å². The number of aromatic nitrogens is 2. The molecule has 2 N–H and O–H groups in total. The van der Waals surface area contributed by atoms with E-state index in [1.807, 2.05) is 13.8 Å². The number of fused-ring (bicyclic) bond motifs is 3. The fourth-order valence-electron chi connectivity index (χ4n) is 3.47. The summed E-state index contributed by atoms with van der Waals surface area (Å²) in [5.74, 6) is 0.534. The number of H-pyrrole nitrogens is 1. The molecule has 1 amide bonds. The number of esters is 1. The van der Waals surface area contributed by atoms with Gasteiger partial charge in [0.25, 0.3) is 5.56 Å². The molecule has 0 saturated carbocycles. The zero-order valence-corrected chi connectivity index (χ0v) is 18.6. The maximum absolute atomic E-state index is 12.5. The summed E-state index contributed by atoms with van der Waals surface area (Å²) in [6.45, 7) is 5.91. The molecule has 2 aromatic rings. The molecule has 0 aliphatic heterocycles. The van der Waals surface area contributed by atoms with Gasteiger partial charge in [-0.3, -0.25) is 9.59 Å². The molecule has 2 heterocycles. The number of aromatic amines is 1. The number of hydrogen-bond donors (Lipinski definition) is 2. The molecule has 2 atom stereocenters. The normalized spacial score (nSPS) is 15.1. The molecule has 9 heteroatoms. The van der Waals surface area contributed by atoms with Gasteiger partial charge in [-0.2, -0.15) is 0 Å². The Bertz CT molecular complexity index is 953. The van der Waals surface area contributed by atoms with Crippen molar-refractivity contribution in [3.05, 3.63) is 26.6 Å². The summed E-state index contributed by atoms with van der Waals surface area (Å²) in [5.41, 5.74) is 1.07. The first-order valence-electron chi connectivity index (χ1n) is 10.0. The summed E-state index contributed by atoms with van der Waals surface area (Å²) >= 11 is 2.96. The first kappa shape index (κ1) is 21.8. The van der Waals surface area contributed by atoms with Gasteiger partial charge in [0.15, 0.2) is 0 Å². The molecule has 7 nitrogen and oxygen atoms in total. The highest BCUT2D eigenvalue weighted by Gasteiger charge is 2.27. The first-order chi connectivity index (χ1) is 13.9. The van der Waals surface area contributed by atoms with Crippen LogP contribution in [0.5, 0.6) is 0 Å². The highest BCUT2D eigenvalue weighted by molar-refractivity contribution is 7.99. The second-order valence-electron chi connectivity index (χ2n) is 7.23. The van der Waals surface area contributed by atoms with Crippen molar-refractivity contribution < 1.29 is 14.3 Å². The number of hydrogen-bond acceptors (Lipinski definition) is 7. The smallest absolute Gasteiger partial charge is 0.328 e. The number of nitrogens with zero attached hydrogens (tertiary/aromatic N) is 1. The van der Waals surface area contributed by atoms with E-state index in [4.69, 9.17) is 4.74 Å². The minimum atomic E-state index is -0.643. The average molecular weight is 438 g/mol. The predicted octanol–water partition coefficient (Wildman–Crippen LogP) is 2.80. The Morgan fingerprint density at radius 2 is 2.14 bits per heavy atom. The fraction of sp³-hybridized carbons (Fsp3) is 0.600. The Labute approximate surface area is 178 Å².